The maximum atomic E-state index is 12.0. The van der Waals surface area contributed by atoms with E-state index in [0.29, 0.717) is 29.4 Å². The predicted molar refractivity (Wildman–Crippen MR) is 80.8 cm³/mol. The van der Waals surface area contributed by atoms with Crippen LogP contribution >= 0.6 is 0 Å². The lowest BCUT2D eigenvalue weighted by atomic mass is 9.95. The molecule has 0 radical (unpaired) electrons. The molecule has 1 saturated heterocycles. The third-order valence-corrected chi connectivity index (χ3v) is 5.89. The van der Waals surface area contributed by atoms with Gasteiger partial charge in [0.15, 0.2) is 9.84 Å². The quantitative estimate of drug-likeness (QED) is 0.723. The van der Waals surface area contributed by atoms with Crippen LogP contribution in [0.3, 0.4) is 0 Å². The van der Waals surface area contributed by atoms with Crippen molar-refractivity contribution in [2.45, 2.75) is 63.1 Å². The second kappa shape index (κ2) is 6.27. The molecule has 1 heterocycles. The van der Waals surface area contributed by atoms with Gasteiger partial charge in [-0.2, -0.15) is 0 Å². The van der Waals surface area contributed by atoms with Crippen LogP contribution in [0.15, 0.2) is 29.2 Å². The number of ether oxygens (including phenoxy) is 1. The van der Waals surface area contributed by atoms with Gasteiger partial charge in [0.05, 0.1) is 22.9 Å². The number of hydrogen-bond donors (Lipinski definition) is 0. The first-order valence-corrected chi connectivity index (χ1v) is 9.11. The smallest absolute Gasteiger partial charge is 0.178 e. The molecule has 0 N–H and O–H groups in total. The second-order valence-corrected chi connectivity index (χ2v) is 7.76. The minimum Gasteiger partial charge on any atom is -0.370 e. The Hall–Kier alpha value is -0.870. The minimum absolute atomic E-state index is 0.218. The monoisotopic (exact) mass is 296 g/mol. The van der Waals surface area contributed by atoms with Gasteiger partial charge in [0.25, 0.3) is 0 Å². The highest BCUT2D eigenvalue weighted by Gasteiger charge is 2.37. The molecule has 3 unspecified atom stereocenters. The lowest BCUT2D eigenvalue weighted by Crippen LogP contribution is -2.06. The molecule has 2 rings (SSSR count). The van der Waals surface area contributed by atoms with E-state index < -0.39 is 9.84 Å². The van der Waals surface area contributed by atoms with Gasteiger partial charge in [-0.15, -0.1) is 0 Å². The van der Waals surface area contributed by atoms with Crippen LogP contribution in [0.4, 0.5) is 0 Å². The van der Waals surface area contributed by atoms with Crippen molar-refractivity contribution in [2.24, 2.45) is 0 Å². The molecule has 4 heteroatoms. The summed E-state index contributed by atoms with van der Waals surface area (Å²) in [6, 6.07) is 7.36. The highest BCUT2D eigenvalue weighted by Crippen LogP contribution is 2.34. The van der Waals surface area contributed by atoms with Crippen molar-refractivity contribution in [1.82, 2.24) is 0 Å². The summed E-state index contributed by atoms with van der Waals surface area (Å²) in [7, 11) is -3.10. The lowest BCUT2D eigenvalue weighted by molar-refractivity contribution is 0.353. The van der Waals surface area contributed by atoms with Gasteiger partial charge in [0, 0.05) is 0 Å². The van der Waals surface area contributed by atoms with Crippen LogP contribution in [0.1, 0.15) is 51.5 Å². The summed E-state index contributed by atoms with van der Waals surface area (Å²) in [6.45, 7) is 6.19. The van der Waals surface area contributed by atoms with Gasteiger partial charge in [-0.3, -0.25) is 0 Å². The Kier molecular flexibility index (Phi) is 4.86. The van der Waals surface area contributed by atoms with Crippen LogP contribution in [0.2, 0.25) is 0 Å². The van der Waals surface area contributed by atoms with Crippen LogP contribution in [0.5, 0.6) is 0 Å². The number of rotatable bonds is 7. The summed E-state index contributed by atoms with van der Waals surface area (Å²) < 4.78 is 29.5. The topological polar surface area (TPSA) is 46.7 Å². The van der Waals surface area contributed by atoms with E-state index in [9.17, 15) is 8.42 Å². The fraction of sp³-hybridized carbons (Fsp3) is 0.625. The highest BCUT2D eigenvalue weighted by molar-refractivity contribution is 7.91. The molecule has 0 aliphatic carbocycles. The average molecular weight is 296 g/mol. The molecule has 1 aromatic rings. The van der Waals surface area contributed by atoms with Gasteiger partial charge in [0.1, 0.15) is 0 Å². The average Bonchev–Trinajstić information content (AvgIpc) is 3.17. The number of epoxide rings is 1. The second-order valence-electron chi connectivity index (χ2n) is 5.65. The maximum absolute atomic E-state index is 12.0. The summed E-state index contributed by atoms with van der Waals surface area (Å²) in [5, 5.41) is 0. The van der Waals surface area contributed by atoms with Crippen LogP contribution in [0.25, 0.3) is 0 Å². The van der Waals surface area contributed by atoms with E-state index in [1.807, 2.05) is 19.1 Å². The Balaban J connectivity index is 2.01. The predicted octanol–water partition coefficient (Wildman–Crippen LogP) is 3.54. The third kappa shape index (κ3) is 3.61. The Morgan fingerprint density at radius 2 is 1.80 bits per heavy atom. The zero-order valence-corrected chi connectivity index (χ0v) is 13.3. The minimum atomic E-state index is -3.10. The first kappa shape index (κ1) is 15.5. The Labute approximate surface area is 122 Å². The fourth-order valence-electron chi connectivity index (χ4n) is 2.62. The van der Waals surface area contributed by atoms with E-state index in [-0.39, 0.29) is 5.75 Å². The van der Waals surface area contributed by atoms with Crippen LogP contribution in [-0.2, 0) is 14.6 Å². The Morgan fingerprint density at radius 1 is 1.15 bits per heavy atom. The molecule has 1 aromatic carbocycles. The first-order valence-electron chi connectivity index (χ1n) is 7.46. The number of benzene rings is 1. The lowest BCUT2D eigenvalue weighted by Gasteiger charge is -2.11. The van der Waals surface area contributed by atoms with Gasteiger partial charge < -0.3 is 4.74 Å². The van der Waals surface area contributed by atoms with Crippen LogP contribution in [0, 0.1) is 0 Å². The summed E-state index contributed by atoms with van der Waals surface area (Å²) in [6.07, 6.45) is 3.56. The molecule has 0 amide bonds. The van der Waals surface area contributed by atoms with Crippen molar-refractivity contribution in [3.8, 4) is 0 Å². The van der Waals surface area contributed by atoms with Gasteiger partial charge >= 0.3 is 0 Å². The highest BCUT2D eigenvalue weighted by atomic mass is 32.2. The summed E-state index contributed by atoms with van der Waals surface area (Å²) in [4.78, 5) is 0.435. The molecular formula is C16H24O3S. The number of hydrogen-bond acceptors (Lipinski definition) is 3. The molecule has 112 valence electrons. The van der Waals surface area contributed by atoms with Crippen molar-refractivity contribution in [3.63, 3.8) is 0 Å². The van der Waals surface area contributed by atoms with Gasteiger partial charge in [0.2, 0.25) is 0 Å². The zero-order valence-electron chi connectivity index (χ0n) is 12.5. The summed E-state index contributed by atoms with van der Waals surface area (Å²) >= 11 is 0. The van der Waals surface area contributed by atoms with E-state index in [1.54, 1.807) is 12.1 Å². The number of sulfone groups is 1. The Morgan fingerprint density at radius 3 is 2.30 bits per heavy atom. The van der Waals surface area contributed by atoms with Crippen molar-refractivity contribution in [2.75, 3.05) is 5.75 Å². The van der Waals surface area contributed by atoms with Crippen molar-refractivity contribution < 1.29 is 13.2 Å². The SMILES string of the molecule is CCCS(=O)(=O)c1ccc(C(C)CC2OC2CC)cc1. The van der Waals surface area contributed by atoms with Crippen LogP contribution in [-0.4, -0.2) is 26.4 Å². The zero-order chi connectivity index (χ0) is 14.8. The third-order valence-electron chi connectivity index (χ3n) is 3.96. The van der Waals surface area contributed by atoms with Gasteiger partial charge in [-0.25, -0.2) is 8.42 Å². The largest absolute Gasteiger partial charge is 0.370 e. The standard InChI is InChI=1S/C16H24O3S/c1-4-10-20(17,18)14-8-6-13(7-9-14)12(3)11-16-15(5-2)19-16/h6-9,12,15-16H,4-5,10-11H2,1-3H3. The van der Waals surface area contributed by atoms with Gasteiger partial charge in [-0.1, -0.05) is 32.9 Å². The molecule has 3 nitrogen and oxygen atoms in total. The first-order chi connectivity index (χ1) is 9.47. The molecule has 1 aliphatic heterocycles. The van der Waals surface area contributed by atoms with Crippen molar-refractivity contribution in [3.05, 3.63) is 29.8 Å². The molecular weight excluding hydrogens is 272 g/mol. The fourth-order valence-corrected chi connectivity index (χ4v) is 3.94. The van der Waals surface area contributed by atoms with Crippen molar-refractivity contribution in [1.29, 1.82) is 0 Å². The normalized spacial score (nSPS) is 23.6. The summed E-state index contributed by atoms with van der Waals surface area (Å²) in [5.74, 6) is 0.621. The molecule has 0 bridgehead atoms. The maximum Gasteiger partial charge on any atom is 0.178 e. The van der Waals surface area contributed by atoms with E-state index in [4.69, 9.17) is 4.74 Å². The Bertz CT molecular complexity index is 533. The molecule has 3 atom stereocenters. The molecule has 1 aliphatic rings. The van der Waals surface area contributed by atoms with E-state index in [0.717, 1.165) is 12.8 Å². The summed E-state index contributed by atoms with van der Waals surface area (Å²) in [5.41, 5.74) is 1.19. The van der Waals surface area contributed by atoms with Gasteiger partial charge in [-0.05, 0) is 42.9 Å². The molecule has 1 fully saturated rings. The van der Waals surface area contributed by atoms with Crippen LogP contribution < -0.4 is 0 Å². The molecule has 20 heavy (non-hydrogen) atoms. The van der Waals surface area contributed by atoms with Crippen molar-refractivity contribution >= 4 is 9.84 Å². The molecule has 0 saturated carbocycles. The van der Waals surface area contributed by atoms with E-state index >= 15 is 0 Å². The van der Waals surface area contributed by atoms with E-state index in [1.165, 1.54) is 5.56 Å². The van der Waals surface area contributed by atoms with E-state index in [2.05, 4.69) is 13.8 Å². The molecule has 0 aromatic heterocycles. The molecule has 0 spiro atoms.